The topological polar surface area (TPSA) is 29.1 Å². The zero-order chi connectivity index (χ0) is 11.3. The Hall–Kier alpha value is -0.350. The highest BCUT2D eigenvalue weighted by Gasteiger charge is 2.50. The molecule has 1 aromatic rings. The van der Waals surface area contributed by atoms with Crippen molar-refractivity contribution in [3.63, 3.8) is 0 Å². The summed E-state index contributed by atoms with van der Waals surface area (Å²) in [5.74, 6) is 0.145. The maximum Gasteiger partial charge on any atom is 0.221 e. The second-order valence-corrected chi connectivity index (χ2v) is 7.25. The third kappa shape index (κ3) is 1.64. The zero-order valence-electron chi connectivity index (χ0n) is 9.06. The van der Waals surface area contributed by atoms with Gasteiger partial charge in [-0.25, -0.2) is 0 Å². The third-order valence-corrected chi connectivity index (χ3v) is 5.35. The number of nitrogens with one attached hydrogen (secondary N) is 1. The highest BCUT2D eigenvalue weighted by Crippen LogP contribution is 2.45. The molecule has 1 aliphatic heterocycles. The van der Waals surface area contributed by atoms with Gasteiger partial charge in [0.25, 0.3) is 0 Å². The molecule has 1 aliphatic rings. The Labute approximate surface area is 102 Å². The average Bonchev–Trinajstić information content (AvgIpc) is 2.56. The summed E-state index contributed by atoms with van der Waals surface area (Å²) in [5.41, 5.74) is -0.269. The van der Waals surface area contributed by atoms with Crippen LogP contribution >= 0.6 is 27.3 Å². The van der Waals surface area contributed by atoms with Gasteiger partial charge in [0.05, 0.1) is 3.79 Å². The van der Waals surface area contributed by atoms with Gasteiger partial charge in [-0.15, -0.1) is 11.3 Å². The predicted molar refractivity (Wildman–Crippen MR) is 66.2 cm³/mol. The maximum atomic E-state index is 11.5. The normalized spacial score (nSPS) is 29.2. The standard InChI is InChI=1S/C11H14BrNOS/c1-10(2)11(3,6-9(14)13-10)7-4-5-8(12)15-7/h4-5H,6H2,1-3H3,(H,13,14). The number of thiophene rings is 1. The fraction of sp³-hybridized carbons (Fsp3) is 0.545. The van der Waals surface area contributed by atoms with E-state index in [0.29, 0.717) is 6.42 Å². The Morgan fingerprint density at radius 2 is 2.07 bits per heavy atom. The maximum absolute atomic E-state index is 11.5. The summed E-state index contributed by atoms with van der Waals surface area (Å²) < 4.78 is 1.12. The third-order valence-electron chi connectivity index (χ3n) is 3.46. The van der Waals surface area contributed by atoms with Crippen molar-refractivity contribution in [3.05, 3.63) is 20.8 Å². The summed E-state index contributed by atoms with van der Waals surface area (Å²) >= 11 is 5.18. The van der Waals surface area contributed by atoms with Crippen LogP contribution in [0.2, 0.25) is 0 Å². The largest absolute Gasteiger partial charge is 0.350 e. The molecular weight excluding hydrogens is 274 g/mol. The van der Waals surface area contributed by atoms with Crippen molar-refractivity contribution in [1.82, 2.24) is 5.32 Å². The minimum atomic E-state index is -0.172. The first kappa shape index (κ1) is 11.1. The number of hydrogen-bond acceptors (Lipinski definition) is 2. The molecule has 2 rings (SSSR count). The molecule has 1 atom stereocenters. The van der Waals surface area contributed by atoms with E-state index in [1.807, 2.05) is 6.07 Å². The molecule has 0 aliphatic carbocycles. The van der Waals surface area contributed by atoms with E-state index in [4.69, 9.17) is 0 Å². The molecule has 1 saturated heterocycles. The Morgan fingerprint density at radius 1 is 1.40 bits per heavy atom. The molecule has 1 aromatic heterocycles. The van der Waals surface area contributed by atoms with E-state index < -0.39 is 0 Å². The van der Waals surface area contributed by atoms with Crippen molar-refractivity contribution in [1.29, 1.82) is 0 Å². The minimum absolute atomic E-state index is 0.0965. The van der Waals surface area contributed by atoms with Crippen LogP contribution in [0.1, 0.15) is 32.1 Å². The molecule has 0 bridgehead atoms. The van der Waals surface area contributed by atoms with Gasteiger partial charge in [0.15, 0.2) is 0 Å². The van der Waals surface area contributed by atoms with Crippen LogP contribution < -0.4 is 5.32 Å². The molecule has 0 spiro atoms. The summed E-state index contributed by atoms with van der Waals surface area (Å²) in [6.45, 7) is 6.33. The van der Waals surface area contributed by atoms with Crippen molar-refractivity contribution in [2.24, 2.45) is 0 Å². The molecule has 2 nitrogen and oxygen atoms in total. The molecule has 4 heteroatoms. The summed E-state index contributed by atoms with van der Waals surface area (Å²) in [4.78, 5) is 12.8. The Bertz CT molecular complexity index is 412. The molecule has 2 heterocycles. The van der Waals surface area contributed by atoms with Crippen LogP contribution in [-0.2, 0) is 10.2 Å². The zero-order valence-corrected chi connectivity index (χ0v) is 11.5. The van der Waals surface area contributed by atoms with E-state index in [2.05, 4.69) is 48.1 Å². The Kier molecular flexibility index (Phi) is 2.47. The van der Waals surface area contributed by atoms with Gasteiger partial charge in [-0.05, 0) is 41.9 Å². The molecule has 1 amide bonds. The van der Waals surface area contributed by atoms with Crippen molar-refractivity contribution in [3.8, 4) is 0 Å². The summed E-state index contributed by atoms with van der Waals surface area (Å²) in [5, 5.41) is 3.04. The lowest BCUT2D eigenvalue weighted by molar-refractivity contribution is -0.119. The van der Waals surface area contributed by atoms with Gasteiger partial charge in [-0.1, -0.05) is 6.92 Å². The number of carbonyl (C=O) groups is 1. The van der Waals surface area contributed by atoms with Crippen molar-refractivity contribution in [2.45, 2.75) is 38.1 Å². The minimum Gasteiger partial charge on any atom is -0.350 e. The van der Waals surface area contributed by atoms with Crippen LogP contribution in [0.3, 0.4) is 0 Å². The van der Waals surface area contributed by atoms with Gasteiger partial charge in [-0.3, -0.25) is 4.79 Å². The Morgan fingerprint density at radius 3 is 2.47 bits per heavy atom. The van der Waals surface area contributed by atoms with Crippen molar-refractivity contribution < 1.29 is 4.79 Å². The van der Waals surface area contributed by atoms with Gasteiger partial charge < -0.3 is 5.32 Å². The van der Waals surface area contributed by atoms with E-state index in [1.165, 1.54) is 4.88 Å². The molecule has 1 fully saturated rings. The number of rotatable bonds is 1. The van der Waals surface area contributed by atoms with E-state index in [0.717, 1.165) is 3.79 Å². The highest BCUT2D eigenvalue weighted by atomic mass is 79.9. The number of amides is 1. The number of hydrogen-bond donors (Lipinski definition) is 1. The van der Waals surface area contributed by atoms with Crippen LogP contribution in [0, 0.1) is 0 Å². The average molecular weight is 288 g/mol. The van der Waals surface area contributed by atoms with Gasteiger partial charge >= 0.3 is 0 Å². The first-order chi connectivity index (χ1) is 6.85. The monoisotopic (exact) mass is 287 g/mol. The van der Waals surface area contributed by atoms with Crippen LogP contribution in [0.25, 0.3) is 0 Å². The first-order valence-electron chi connectivity index (χ1n) is 4.92. The van der Waals surface area contributed by atoms with E-state index in [-0.39, 0.29) is 16.9 Å². The number of carbonyl (C=O) groups excluding carboxylic acids is 1. The van der Waals surface area contributed by atoms with Gasteiger partial charge in [-0.2, -0.15) is 0 Å². The van der Waals surface area contributed by atoms with E-state index >= 15 is 0 Å². The molecular formula is C11H14BrNOS. The van der Waals surface area contributed by atoms with Crippen LogP contribution in [0.15, 0.2) is 15.9 Å². The first-order valence-corrected chi connectivity index (χ1v) is 6.53. The fourth-order valence-electron chi connectivity index (χ4n) is 2.08. The number of halogens is 1. The highest BCUT2D eigenvalue weighted by molar-refractivity contribution is 9.11. The lowest BCUT2D eigenvalue weighted by Crippen LogP contribution is -2.47. The second kappa shape index (κ2) is 3.32. The Balaban J connectivity index is 2.46. The van der Waals surface area contributed by atoms with Crippen LogP contribution in [0.4, 0.5) is 0 Å². The van der Waals surface area contributed by atoms with E-state index in [9.17, 15) is 4.79 Å². The molecule has 15 heavy (non-hydrogen) atoms. The molecule has 1 unspecified atom stereocenters. The van der Waals surface area contributed by atoms with Crippen molar-refractivity contribution in [2.75, 3.05) is 0 Å². The quantitative estimate of drug-likeness (QED) is 0.845. The molecule has 0 aromatic carbocycles. The van der Waals surface area contributed by atoms with Gasteiger partial charge in [0.2, 0.25) is 5.91 Å². The molecule has 1 N–H and O–H groups in total. The SMILES string of the molecule is CC1(C)NC(=O)CC1(C)c1ccc(Br)s1. The lowest BCUT2D eigenvalue weighted by Gasteiger charge is -2.36. The predicted octanol–water partition coefficient (Wildman–Crippen LogP) is 3.07. The summed E-state index contributed by atoms with van der Waals surface area (Å²) in [6, 6.07) is 4.15. The smallest absolute Gasteiger partial charge is 0.221 e. The fourth-order valence-corrected chi connectivity index (χ4v) is 3.77. The van der Waals surface area contributed by atoms with E-state index in [1.54, 1.807) is 11.3 Å². The molecule has 0 radical (unpaired) electrons. The second-order valence-electron chi connectivity index (χ2n) is 4.79. The van der Waals surface area contributed by atoms with Gasteiger partial charge in [0, 0.05) is 22.3 Å². The summed E-state index contributed by atoms with van der Waals surface area (Å²) in [7, 11) is 0. The van der Waals surface area contributed by atoms with Gasteiger partial charge in [0.1, 0.15) is 0 Å². The molecule has 0 saturated carbocycles. The van der Waals surface area contributed by atoms with Crippen molar-refractivity contribution >= 4 is 33.2 Å². The summed E-state index contributed by atoms with van der Waals surface area (Å²) in [6.07, 6.45) is 0.576. The molecule has 82 valence electrons. The van der Waals surface area contributed by atoms with Crippen LogP contribution in [0.5, 0.6) is 0 Å². The lowest BCUT2D eigenvalue weighted by atomic mass is 9.73. The van der Waals surface area contributed by atoms with Crippen LogP contribution in [-0.4, -0.2) is 11.4 Å².